The monoisotopic (exact) mass is 238 g/mol. The molecular formula is C10H16FeNO2-. The van der Waals surface area contributed by atoms with Crippen molar-refractivity contribution in [1.82, 2.24) is 5.32 Å². The summed E-state index contributed by atoms with van der Waals surface area (Å²) in [6, 6.07) is 0.391. The average Bonchev–Trinajstić information content (AvgIpc) is 2.19. The van der Waals surface area contributed by atoms with Gasteiger partial charge in [0.15, 0.2) is 0 Å². The van der Waals surface area contributed by atoms with Crippen LogP contribution < -0.4 is 5.32 Å². The van der Waals surface area contributed by atoms with Crippen LogP contribution in [-0.4, -0.2) is 37.5 Å². The molecule has 4 heteroatoms. The van der Waals surface area contributed by atoms with Gasteiger partial charge in [-0.15, -0.1) is 0 Å². The third-order valence-electron chi connectivity index (χ3n) is 1.78. The molecule has 3 nitrogen and oxygen atoms in total. The molecule has 1 aliphatic rings. The van der Waals surface area contributed by atoms with E-state index in [0.29, 0.717) is 19.3 Å². The molecule has 0 aromatic rings. The number of nitrogens with one attached hydrogen (secondary N) is 1. The first kappa shape index (κ1) is 13.9. The molecule has 1 rings (SSSR count). The molecule has 14 heavy (non-hydrogen) atoms. The predicted octanol–water partition coefficient (Wildman–Crippen LogP) is 0.270. The van der Waals surface area contributed by atoms with Gasteiger partial charge in [0.1, 0.15) is 0 Å². The minimum atomic E-state index is 0. The van der Waals surface area contributed by atoms with Gasteiger partial charge in [-0.3, -0.25) is 6.08 Å². The van der Waals surface area contributed by atoms with E-state index in [1.807, 2.05) is 12.2 Å². The molecule has 0 spiro atoms. The van der Waals surface area contributed by atoms with Crippen molar-refractivity contribution in [3.8, 4) is 0 Å². The second-order valence-corrected chi connectivity index (χ2v) is 2.86. The SMILES string of the molecule is OCCOCCNC1C=CC=[C-]C1.[Fe]. The number of hydrogen-bond donors (Lipinski definition) is 2. The fourth-order valence-corrected chi connectivity index (χ4v) is 1.14. The molecule has 0 aliphatic heterocycles. The van der Waals surface area contributed by atoms with Gasteiger partial charge < -0.3 is 15.2 Å². The van der Waals surface area contributed by atoms with E-state index in [4.69, 9.17) is 9.84 Å². The largest absolute Gasteiger partial charge is 0.394 e. The van der Waals surface area contributed by atoms with Crippen molar-refractivity contribution in [2.75, 3.05) is 26.4 Å². The van der Waals surface area contributed by atoms with Gasteiger partial charge in [0.2, 0.25) is 0 Å². The first-order chi connectivity index (χ1) is 6.43. The Balaban J connectivity index is 0.00000169. The van der Waals surface area contributed by atoms with Crippen molar-refractivity contribution in [2.24, 2.45) is 0 Å². The van der Waals surface area contributed by atoms with E-state index in [9.17, 15) is 0 Å². The van der Waals surface area contributed by atoms with Crippen LogP contribution in [0, 0.1) is 6.08 Å². The van der Waals surface area contributed by atoms with Crippen molar-refractivity contribution in [2.45, 2.75) is 12.5 Å². The zero-order valence-electron chi connectivity index (χ0n) is 8.05. The van der Waals surface area contributed by atoms with E-state index in [-0.39, 0.29) is 23.7 Å². The van der Waals surface area contributed by atoms with Gasteiger partial charge in [-0.25, -0.2) is 12.2 Å². The molecule has 1 aliphatic carbocycles. The van der Waals surface area contributed by atoms with Crippen LogP contribution in [0.15, 0.2) is 18.2 Å². The smallest absolute Gasteiger partial charge is 0.0698 e. The van der Waals surface area contributed by atoms with Crippen LogP contribution in [0.1, 0.15) is 6.42 Å². The zero-order chi connectivity index (χ0) is 9.36. The van der Waals surface area contributed by atoms with Gasteiger partial charge in [-0.1, -0.05) is 6.42 Å². The molecule has 0 aromatic heterocycles. The Labute approximate surface area is 95.7 Å². The third-order valence-corrected chi connectivity index (χ3v) is 1.78. The molecule has 0 aromatic carbocycles. The molecule has 0 amide bonds. The van der Waals surface area contributed by atoms with E-state index in [1.54, 1.807) is 0 Å². The Kier molecular flexibility index (Phi) is 9.35. The normalized spacial score (nSPS) is 19.4. The Morgan fingerprint density at radius 1 is 1.50 bits per heavy atom. The molecule has 2 N–H and O–H groups in total. The van der Waals surface area contributed by atoms with Gasteiger partial charge in [0.25, 0.3) is 0 Å². The summed E-state index contributed by atoms with van der Waals surface area (Å²) in [5.41, 5.74) is 0. The summed E-state index contributed by atoms with van der Waals surface area (Å²) < 4.78 is 5.11. The van der Waals surface area contributed by atoms with Gasteiger partial charge in [-0.05, 0) is 6.04 Å². The summed E-state index contributed by atoms with van der Waals surface area (Å²) in [5, 5.41) is 11.7. The summed E-state index contributed by atoms with van der Waals surface area (Å²) >= 11 is 0. The Morgan fingerprint density at radius 2 is 2.36 bits per heavy atom. The van der Waals surface area contributed by atoms with Crippen molar-refractivity contribution in [1.29, 1.82) is 0 Å². The van der Waals surface area contributed by atoms with E-state index in [1.165, 1.54) is 0 Å². The zero-order valence-corrected chi connectivity index (χ0v) is 9.16. The number of rotatable bonds is 6. The average molecular weight is 238 g/mol. The maximum Gasteiger partial charge on any atom is 0.0698 e. The molecule has 0 radical (unpaired) electrons. The second kappa shape index (κ2) is 9.44. The van der Waals surface area contributed by atoms with Crippen LogP contribution in [-0.2, 0) is 21.8 Å². The molecule has 0 heterocycles. The van der Waals surface area contributed by atoms with E-state index in [0.717, 1.165) is 13.0 Å². The summed E-state index contributed by atoms with van der Waals surface area (Å²) in [6.07, 6.45) is 10.1. The van der Waals surface area contributed by atoms with E-state index >= 15 is 0 Å². The minimum absolute atomic E-state index is 0. The molecular weight excluding hydrogens is 222 g/mol. The van der Waals surface area contributed by atoms with Crippen molar-refractivity contribution < 1.29 is 26.9 Å². The maximum absolute atomic E-state index is 8.44. The van der Waals surface area contributed by atoms with Crippen LogP contribution in [0.2, 0.25) is 0 Å². The molecule has 0 fully saturated rings. The number of ether oxygens (including phenoxy) is 1. The van der Waals surface area contributed by atoms with Crippen molar-refractivity contribution in [3.05, 3.63) is 24.3 Å². The van der Waals surface area contributed by atoms with Crippen molar-refractivity contribution in [3.63, 3.8) is 0 Å². The molecule has 0 saturated carbocycles. The Hall–Kier alpha value is -0.121. The summed E-state index contributed by atoms with van der Waals surface area (Å²) in [7, 11) is 0. The second-order valence-electron chi connectivity index (χ2n) is 2.86. The first-order valence-electron chi connectivity index (χ1n) is 4.59. The Bertz CT molecular complexity index is 183. The third kappa shape index (κ3) is 6.35. The summed E-state index contributed by atoms with van der Waals surface area (Å²) in [5.74, 6) is 0. The first-order valence-corrected chi connectivity index (χ1v) is 4.59. The summed E-state index contributed by atoms with van der Waals surface area (Å²) in [4.78, 5) is 0. The maximum atomic E-state index is 8.44. The molecule has 0 bridgehead atoms. The number of aliphatic hydroxyl groups excluding tert-OH is 1. The molecule has 1 unspecified atom stereocenters. The standard InChI is InChI=1S/C10H16NO2.Fe/c12-7-9-13-8-6-11-10-4-2-1-3-5-10;/h1-2,4,10-12H,5-9H2;/q-1;. The fraction of sp³-hybridized carbons (Fsp3) is 0.600. The van der Waals surface area contributed by atoms with Crippen LogP contribution >= 0.6 is 0 Å². The van der Waals surface area contributed by atoms with Crippen LogP contribution in [0.4, 0.5) is 0 Å². The minimum Gasteiger partial charge on any atom is -0.394 e. The molecule has 0 saturated heterocycles. The fourth-order valence-electron chi connectivity index (χ4n) is 1.14. The quantitative estimate of drug-likeness (QED) is 0.396. The van der Waals surface area contributed by atoms with Gasteiger partial charge in [0, 0.05) is 23.6 Å². The molecule has 82 valence electrons. The van der Waals surface area contributed by atoms with Gasteiger partial charge in [0.05, 0.1) is 19.8 Å². The number of hydrogen-bond acceptors (Lipinski definition) is 3. The van der Waals surface area contributed by atoms with E-state index < -0.39 is 0 Å². The number of allylic oxidation sites excluding steroid dienone is 2. The number of aliphatic hydroxyl groups is 1. The predicted molar refractivity (Wildman–Crippen MR) is 51.3 cm³/mol. The van der Waals surface area contributed by atoms with Gasteiger partial charge in [-0.2, -0.15) is 6.08 Å². The topological polar surface area (TPSA) is 41.5 Å². The van der Waals surface area contributed by atoms with Crippen LogP contribution in [0.5, 0.6) is 0 Å². The van der Waals surface area contributed by atoms with Gasteiger partial charge >= 0.3 is 0 Å². The van der Waals surface area contributed by atoms with Crippen LogP contribution in [0.25, 0.3) is 0 Å². The Morgan fingerprint density at radius 3 is 3.00 bits per heavy atom. The molecule has 1 atom stereocenters. The van der Waals surface area contributed by atoms with Crippen LogP contribution in [0.3, 0.4) is 0 Å². The van der Waals surface area contributed by atoms with E-state index in [2.05, 4.69) is 17.5 Å². The summed E-state index contributed by atoms with van der Waals surface area (Å²) in [6.45, 7) is 1.99. The van der Waals surface area contributed by atoms with Crippen molar-refractivity contribution >= 4 is 0 Å².